The largest absolute Gasteiger partial charge is 0.330 e. The number of halogens is 1. The molecule has 2 aliphatic carbocycles. The Morgan fingerprint density at radius 1 is 1.25 bits per heavy atom. The second kappa shape index (κ2) is 4.22. The minimum atomic E-state index is -0.508. The summed E-state index contributed by atoms with van der Waals surface area (Å²) < 4.78 is 12.7. The lowest BCUT2D eigenvalue weighted by Crippen LogP contribution is -2.37. The van der Waals surface area contributed by atoms with Gasteiger partial charge in [0.25, 0.3) is 0 Å². The Morgan fingerprint density at radius 3 is 2.42 bits per heavy atom. The molecule has 2 fully saturated rings. The lowest BCUT2D eigenvalue weighted by atomic mass is 9.67. The second-order valence-corrected chi connectivity index (χ2v) is 3.72. The van der Waals surface area contributed by atoms with Crippen molar-refractivity contribution < 1.29 is 4.39 Å². The molecule has 0 amide bonds. The van der Waals surface area contributed by atoms with Crippen LogP contribution in [0.5, 0.6) is 0 Å². The summed E-state index contributed by atoms with van der Waals surface area (Å²) in [4.78, 5) is 0. The molecule has 1 nitrogen and oxygen atoms in total. The summed E-state index contributed by atoms with van der Waals surface area (Å²) in [6.07, 6.45) is 2.31. The molecule has 0 saturated heterocycles. The predicted octanol–water partition coefficient (Wildman–Crippen LogP) is 2.36. The summed E-state index contributed by atoms with van der Waals surface area (Å²) in [6.45, 7) is 4.77. The zero-order valence-electron chi connectivity index (χ0n) is 8.09. The lowest BCUT2D eigenvalue weighted by Gasteiger charge is -2.39. The minimum Gasteiger partial charge on any atom is -0.330 e. The van der Waals surface area contributed by atoms with Gasteiger partial charge in [0.05, 0.1) is 0 Å². The number of rotatable bonds is 1. The highest BCUT2D eigenvalue weighted by atomic mass is 19.1. The highest BCUT2D eigenvalue weighted by Gasteiger charge is 2.46. The molecule has 2 rings (SSSR count). The van der Waals surface area contributed by atoms with Gasteiger partial charge in [-0.25, -0.2) is 4.39 Å². The van der Waals surface area contributed by atoms with E-state index in [1.807, 2.05) is 13.8 Å². The quantitative estimate of drug-likeness (QED) is 0.647. The van der Waals surface area contributed by atoms with Crippen LogP contribution in [0.1, 0.15) is 33.1 Å². The van der Waals surface area contributed by atoms with Crippen molar-refractivity contribution in [2.45, 2.75) is 39.3 Å². The Kier molecular flexibility index (Phi) is 3.51. The Bertz CT molecular complexity index is 134. The third-order valence-electron chi connectivity index (χ3n) is 3.21. The molecule has 0 heterocycles. The molecule has 4 atom stereocenters. The third kappa shape index (κ3) is 1.63. The van der Waals surface area contributed by atoms with Crippen LogP contribution in [0.25, 0.3) is 0 Å². The first-order chi connectivity index (χ1) is 5.81. The van der Waals surface area contributed by atoms with E-state index in [1.54, 1.807) is 0 Å². The number of hydrogen-bond donors (Lipinski definition) is 1. The van der Waals surface area contributed by atoms with Gasteiger partial charge in [0.2, 0.25) is 0 Å². The van der Waals surface area contributed by atoms with Crippen molar-refractivity contribution in [3.63, 3.8) is 0 Å². The Labute approximate surface area is 74.5 Å². The van der Waals surface area contributed by atoms with E-state index in [1.165, 1.54) is 6.42 Å². The summed E-state index contributed by atoms with van der Waals surface area (Å²) >= 11 is 0. The van der Waals surface area contributed by atoms with Gasteiger partial charge in [-0.1, -0.05) is 13.8 Å². The van der Waals surface area contributed by atoms with E-state index in [9.17, 15) is 4.39 Å². The predicted molar refractivity (Wildman–Crippen MR) is 49.6 cm³/mol. The first kappa shape index (κ1) is 9.97. The van der Waals surface area contributed by atoms with Crippen molar-refractivity contribution in [2.75, 3.05) is 6.54 Å². The zero-order chi connectivity index (χ0) is 9.14. The molecule has 3 unspecified atom stereocenters. The number of fused-ring (bicyclic) bond motifs is 1. The van der Waals surface area contributed by atoms with Gasteiger partial charge in [0.15, 0.2) is 0 Å². The van der Waals surface area contributed by atoms with Crippen LogP contribution in [0.4, 0.5) is 4.39 Å². The van der Waals surface area contributed by atoms with Crippen LogP contribution in [0, 0.1) is 17.8 Å². The lowest BCUT2D eigenvalue weighted by molar-refractivity contribution is 0.111. The van der Waals surface area contributed by atoms with Crippen molar-refractivity contribution in [2.24, 2.45) is 23.5 Å². The van der Waals surface area contributed by atoms with E-state index in [0.29, 0.717) is 17.8 Å². The molecule has 72 valence electrons. The van der Waals surface area contributed by atoms with Gasteiger partial charge < -0.3 is 5.73 Å². The first-order valence-corrected chi connectivity index (χ1v) is 5.15. The van der Waals surface area contributed by atoms with Gasteiger partial charge in [0, 0.05) is 0 Å². The molecule has 0 aromatic heterocycles. The van der Waals surface area contributed by atoms with Crippen LogP contribution >= 0.6 is 0 Å². The summed E-state index contributed by atoms with van der Waals surface area (Å²) in [6, 6.07) is 0. The van der Waals surface area contributed by atoms with Crippen molar-refractivity contribution in [3.8, 4) is 0 Å². The van der Waals surface area contributed by atoms with Crippen LogP contribution in [0.3, 0.4) is 0 Å². The summed E-state index contributed by atoms with van der Waals surface area (Å²) in [5.41, 5.74) is 5.51. The van der Waals surface area contributed by atoms with E-state index in [-0.39, 0.29) is 0 Å². The normalized spacial score (nSPS) is 44.0. The minimum absolute atomic E-state index is 0.508. The maximum Gasteiger partial charge on any atom is 0.101 e. The summed E-state index contributed by atoms with van der Waals surface area (Å²) in [5, 5.41) is 0. The topological polar surface area (TPSA) is 26.0 Å². The van der Waals surface area contributed by atoms with E-state index in [0.717, 1.165) is 19.4 Å². The molecular weight excluding hydrogens is 153 g/mol. The molecule has 0 spiro atoms. The Morgan fingerprint density at radius 2 is 1.92 bits per heavy atom. The molecule has 12 heavy (non-hydrogen) atoms. The van der Waals surface area contributed by atoms with Crippen molar-refractivity contribution in [3.05, 3.63) is 0 Å². The zero-order valence-corrected chi connectivity index (χ0v) is 8.09. The van der Waals surface area contributed by atoms with Crippen molar-refractivity contribution in [1.29, 1.82) is 0 Å². The molecule has 2 N–H and O–H groups in total. The summed E-state index contributed by atoms with van der Waals surface area (Å²) in [5.74, 6) is 2.01. The van der Waals surface area contributed by atoms with Gasteiger partial charge >= 0.3 is 0 Å². The van der Waals surface area contributed by atoms with Crippen LogP contribution in [0.2, 0.25) is 0 Å². The average Bonchev–Trinajstić information content (AvgIpc) is 2.36. The molecule has 2 saturated carbocycles. The fraction of sp³-hybridized carbons (Fsp3) is 1.00. The average molecular weight is 173 g/mol. The number of alkyl halides is 1. The van der Waals surface area contributed by atoms with Crippen LogP contribution in [-0.4, -0.2) is 12.7 Å². The Balaban J connectivity index is 0.000000336. The standard InChI is InChI=1S/C8H14FN.C2H6/c9-7-2-5-1-6(4-10)8(5)3-7;1-2/h5-8H,1-4,10H2;1-2H3/t5?,6?,7-,8?;/m0./s1. The highest BCUT2D eigenvalue weighted by molar-refractivity contribution is 4.96. The van der Waals surface area contributed by atoms with E-state index >= 15 is 0 Å². The molecule has 0 aliphatic heterocycles. The van der Waals surface area contributed by atoms with Gasteiger partial charge in [0.1, 0.15) is 6.17 Å². The fourth-order valence-electron chi connectivity index (χ4n) is 2.57. The molecule has 0 aromatic carbocycles. The van der Waals surface area contributed by atoms with E-state index in [2.05, 4.69) is 0 Å². The van der Waals surface area contributed by atoms with Crippen LogP contribution in [-0.2, 0) is 0 Å². The molecule has 2 aliphatic rings. The van der Waals surface area contributed by atoms with Gasteiger partial charge in [-0.2, -0.15) is 0 Å². The highest BCUT2D eigenvalue weighted by Crippen LogP contribution is 2.51. The van der Waals surface area contributed by atoms with Crippen LogP contribution in [0.15, 0.2) is 0 Å². The maximum absolute atomic E-state index is 12.7. The molecule has 0 aromatic rings. The maximum atomic E-state index is 12.7. The van der Waals surface area contributed by atoms with Crippen molar-refractivity contribution >= 4 is 0 Å². The number of nitrogens with two attached hydrogens (primary N) is 1. The molecule has 2 heteroatoms. The van der Waals surface area contributed by atoms with Gasteiger partial charge in [-0.05, 0) is 43.6 Å². The van der Waals surface area contributed by atoms with Crippen LogP contribution < -0.4 is 5.73 Å². The number of hydrogen-bond acceptors (Lipinski definition) is 1. The Hall–Kier alpha value is -0.110. The molecule has 0 bridgehead atoms. The molecular formula is C10H20FN. The summed E-state index contributed by atoms with van der Waals surface area (Å²) in [7, 11) is 0. The van der Waals surface area contributed by atoms with Gasteiger partial charge in [-0.15, -0.1) is 0 Å². The first-order valence-electron chi connectivity index (χ1n) is 5.15. The third-order valence-corrected chi connectivity index (χ3v) is 3.21. The SMILES string of the molecule is CC.NCC1CC2C[C@H](F)CC12. The van der Waals surface area contributed by atoms with Crippen molar-refractivity contribution in [1.82, 2.24) is 0 Å². The molecule has 0 radical (unpaired) electrons. The smallest absolute Gasteiger partial charge is 0.101 e. The van der Waals surface area contributed by atoms with E-state index in [4.69, 9.17) is 5.73 Å². The van der Waals surface area contributed by atoms with Gasteiger partial charge in [-0.3, -0.25) is 0 Å². The fourth-order valence-corrected chi connectivity index (χ4v) is 2.57. The van der Waals surface area contributed by atoms with E-state index < -0.39 is 6.17 Å². The monoisotopic (exact) mass is 173 g/mol. The second-order valence-electron chi connectivity index (χ2n) is 3.72.